The van der Waals surface area contributed by atoms with Gasteiger partial charge in [-0.3, -0.25) is 9.59 Å². The number of hydrogen-bond acceptors (Lipinski definition) is 4. The molecule has 3 aromatic rings. The molecular weight excluding hydrogens is 484 g/mol. The van der Waals surface area contributed by atoms with Crippen molar-refractivity contribution < 1.29 is 19.1 Å². The molecule has 2 atom stereocenters. The van der Waals surface area contributed by atoms with E-state index in [1.807, 2.05) is 73.7 Å². The van der Waals surface area contributed by atoms with Crippen LogP contribution in [0.4, 0.5) is 11.4 Å². The zero-order valence-electron chi connectivity index (χ0n) is 18.7. The third kappa shape index (κ3) is 4.73. The Bertz CT molecular complexity index is 1160. The smallest absolute Gasteiger partial charge is 0.230 e. The van der Waals surface area contributed by atoms with Gasteiger partial charge in [-0.05, 0) is 72.6 Å². The van der Waals surface area contributed by atoms with Crippen LogP contribution in [0.1, 0.15) is 23.6 Å². The maximum atomic E-state index is 13.4. The van der Waals surface area contributed by atoms with Gasteiger partial charge in [-0.15, -0.1) is 0 Å². The van der Waals surface area contributed by atoms with E-state index in [2.05, 4.69) is 21.2 Å². The summed E-state index contributed by atoms with van der Waals surface area (Å²) in [5, 5.41) is 3.03. The molecule has 0 spiro atoms. The van der Waals surface area contributed by atoms with Gasteiger partial charge in [0.25, 0.3) is 0 Å². The first-order valence-electron chi connectivity index (χ1n) is 10.6. The molecule has 1 saturated heterocycles. The fourth-order valence-electron chi connectivity index (χ4n) is 4.19. The van der Waals surface area contributed by atoms with Crippen LogP contribution in [-0.2, 0) is 9.59 Å². The minimum Gasteiger partial charge on any atom is -0.497 e. The van der Waals surface area contributed by atoms with Gasteiger partial charge < -0.3 is 19.7 Å². The van der Waals surface area contributed by atoms with Crippen molar-refractivity contribution in [2.45, 2.75) is 19.4 Å². The average molecular weight is 509 g/mol. The van der Waals surface area contributed by atoms with E-state index in [-0.39, 0.29) is 18.2 Å². The van der Waals surface area contributed by atoms with Crippen LogP contribution in [0.5, 0.6) is 11.5 Å². The van der Waals surface area contributed by atoms with E-state index in [9.17, 15) is 9.59 Å². The summed E-state index contributed by atoms with van der Waals surface area (Å²) in [7, 11) is 3.20. The van der Waals surface area contributed by atoms with Crippen molar-refractivity contribution in [3.63, 3.8) is 0 Å². The van der Waals surface area contributed by atoms with Gasteiger partial charge in [-0.1, -0.05) is 28.1 Å². The molecule has 0 aliphatic carbocycles. The molecule has 0 unspecified atom stereocenters. The van der Waals surface area contributed by atoms with Gasteiger partial charge in [0, 0.05) is 22.3 Å². The van der Waals surface area contributed by atoms with Crippen molar-refractivity contribution in [2.24, 2.45) is 5.92 Å². The molecule has 1 N–H and O–H groups in total. The number of nitrogens with one attached hydrogen (secondary N) is 1. The number of anilines is 2. The first kappa shape index (κ1) is 22.9. The molecule has 0 saturated carbocycles. The second-order valence-corrected chi connectivity index (χ2v) is 8.85. The molecule has 3 aromatic carbocycles. The van der Waals surface area contributed by atoms with E-state index in [0.29, 0.717) is 11.5 Å². The Morgan fingerprint density at radius 3 is 2.15 bits per heavy atom. The number of hydrogen-bond donors (Lipinski definition) is 1. The fourth-order valence-corrected chi connectivity index (χ4v) is 4.67. The van der Waals surface area contributed by atoms with Gasteiger partial charge in [0.2, 0.25) is 11.8 Å². The second-order valence-electron chi connectivity index (χ2n) is 7.94. The van der Waals surface area contributed by atoms with Gasteiger partial charge in [-0.25, -0.2) is 0 Å². The molecule has 1 heterocycles. The average Bonchev–Trinajstić information content (AvgIpc) is 3.18. The highest BCUT2D eigenvalue weighted by atomic mass is 79.9. The molecule has 4 rings (SSSR count). The van der Waals surface area contributed by atoms with Crippen LogP contribution < -0.4 is 19.7 Å². The molecule has 0 bridgehead atoms. The van der Waals surface area contributed by atoms with Crippen molar-refractivity contribution in [1.82, 2.24) is 0 Å². The standard InChI is InChI=1S/C26H25BrN2O4/c1-16-14-18(27)6-13-23(16)28-26(31)22-15-24(30)29(19-7-11-21(33-3)12-8-19)25(22)17-4-9-20(32-2)10-5-17/h4-14,22,25H,15H2,1-3H3,(H,28,31)/t22-,25+/m1/s1. The summed E-state index contributed by atoms with van der Waals surface area (Å²) in [6.45, 7) is 1.94. The predicted octanol–water partition coefficient (Wildman–Crippen LogP) is 5.51. The quantitative estimate of drug-likeness (QED) is 0.476. The number of methoxy groups -OCH3 is 2. The second kappa shape index (κ2) is 9.67. The van der Waals surface area contributed by atoms with Gasteiger partial charge in [0.05, 0.1) is 26.2 Å². The Kier molecular flexibility index (Phi) is 6.70. The van der Waals surface area contributed by atoms with Gasteiger partial charge in [0.1, 0.15) is 11.5 Å². The van der Waals surface area contributed by atoms with E-state index in [1.54, 1.807) is 19.1 Å². The summed E-state index contributed by atoms with van der Waals surface area (Å²) in [5.41, 5.74) is 3.25. The van der Waals surface area contributed by atoms with Crippen LogP contribution in [-0.4, -0.2) is 26.0 Å². The summed E-state index contributed by atoms with van der Waals surface area (Å²) in [6.07, 6.45) is 0.115. The largest absolute Gasteiger partial charge is 0.497 e. The molecule has 33 heavy (non-hydrogen) atoms. The maximum Gasteiger partial charge on any atom is 0.230 e. The topological polar surface area (TPSA) is 67.9 Å². The number of carbonyl (C=O) groups is 2. The zero-order valence-corrected chi connectivity index (χ0v) is 20.3. The van der Waals surface area contributed by atoms with E-state index >= 15 is 0 Å². The molecular formula is C26H25BrN2O4. The zero-order chi connectivity index (χ0) is 23.5. The maximum absolute atomic E-state index is 13.4. The number of halogens is 1. The summed E-state index contributed by atoms with van der Waals surface area (Å²) in [4.78, 5) is 28.3. The Hall–Kier alpha value is -3.32. The van der Waals surface area contributed by atoms with Gasteiger partial charge in [-0.2, -0.15) is 0 Å². The first-order chi connectivity index (χ1) is 15.9. The van der Waals surface area contributed by atoms with Crippen LogP contribution in [0.15, 0.2) is 71.2 Å². The van der Waals surface area contributed by atoms with Crippen LogP contribution in [0.3, 0.4) is 0 Å². The summed E-state index contributed by atoms with van der Waals surface area (Å²) < 4.78 is 11.5. The summed E-state index contributed by atoms with van der Waals surface area (Å²) in [5.74, 6) is 0.562. The molecule has 0 aromatic heterocycles. The van der Waals surface area contributed by atoms with Gasteiger partial charge in [0.15, 0.2) is 0 Å². The van der Waals surface area contributed by atoms with E-state index in [4.69, 9.17) is 9.47 Å². The van der Waals surface area contributed by atoms with Crippen LogP contribution in [0.25, 0.3) is 0 Å². The number of carbonyl (C=O) groups excluding carboxylic acids is 2. The lowest BCUT2D eigenvalue weighted by atomic mass is 9.92. The SMILES string of the molecule is COc1ccc([C@H]2[C@H](C(=O)Nc3ccc(Br)cc3C)CC(=O)N2c2ccc(OC)cc2)cc1. The number of nitrogens with zero attached hydrogens (tertiary/aromatic N) is 1. The van der Waals surface area contributed by atoms with E-state index in [1.165, 1.54) is 0 Å². The normalized spacial score (nSPS) is 17.7. The summed E-state index contributed by atoms with van der Waals surface area (Å²) >= 11 is 3.45. The first-order valence-corrected chi connectivity index (χ1v) is 11.4. The highest BCUT2D eigenvalue weighted by Gasteiger charge is 2.45. The molecule has 6 nitrogen and oxygen atoms in total. The molecule has 7 heteroatoms. The van der Waals surface area contributed by atoms with E-state index in [0.717, 1.165) is 27.0 Å². The minimum absolute atomic E-state index is 0.103. The Labute approximate surface area is 201 Å². The van der Waals surface area contributed by atoms with Crippen molar-refractivity contribution in [3.8, 4) is 11.5 Å². The third-order valence-corrected chi connectivity index (χ3v) is 6.41. The predicted molar refractivity (Wildman–Crippen MR) is 132 cm³/mol. The van der Waals surface area contributed by atoms with Crippen molar-refractivity contribution in [2.75, 3.05) is 24.4 Å². The number of aryl methyl sites for hydroxylation is 1. The van der Waals surface area contributed by atoms with E-state index < -0.39 is 12.0 Å². The molecule has 1 fully saturated rings. The van der Waals surface area contributed by atoms with Crippen molar-refractivity contribution >= 4 is 39.1 Å². The Balaban J connectivity index is 1.71. The summed E-state index contributed by atoms with van der Waals surface area (Å²) in [6, 6.07) is 20.0. The van der Waals surface area contributed by atoms with Crippen molar-refractivity contribution in [1.29, 1.82) is 0 Å². The molecule has 0 radical (unpaired) electrons. The minimum atomic E-state index is -0.559. The number of benzene rings is 3. The Morgan fingerprint density at radius 1 is 0.970 bits per heavy atom. The molecule has 1 aliphatic rings. The number of ether oxygens (including phenoxy) is 2. The molecule has 170 valence electrons. The monoisotopic (exact) mass is 508 g/mol. The fraction of sp³-hybridized carbons (Fsp3) is 0.231. The van der Waals surface area contributed by atoms with Crippen molar-refractivity contribution in [3.05, 3.63) is 82.3 Å². The molecule has 2 amide bonds. The molecule has 1 aliphatic heterocycles. The third-order valence-electron chi connectivity index (χ3n) is 5.91. The highest BCUT2D eigenvalue weighted by Crippen LogP contribution is 2.42. The van der Waals surface area contributed by atoms with Gasteiger partial charge >= 0.3 is 0 Å². The Morgan fingerprint density at radius 2 is 1.58 bits per heavy atom. The van der Waals surface area contributed by atoms with Crippen LogP contribution in [0.2, 0.25) is 0 Å². The lowest BCUT2D eigenvalue weighted by molar-refractivity contribution is -0.122. The van der Waals surface area contributed by atoms with Crippen LogP contribution in [0, 0.1) is 12.8 Å². The lowest BCUT2D eigenvalue weighted by Gasteiger charge is -2.29. The number of amides is 2. The highest BCUT2D eigenvalue weighted by molar-refractivity contribution is 9.10. The van der Waals surface area contributed by atoms with Crippen LogP contribution >= 0.6 is 15.9 Å². The lowest BCUT2D eigenvalue weighted by Crippen LogP contribution is -2.32. The number of rotatable bonds is 6.